The van der Waals surface area contributed by atoms with Gasteiger partial charge in [-0.1, -0.05) is 55.3 Å². The molecule has 33 heavy (non-hydrogen) atoms. The molecule has 2 aromatic carbocycles. The van der Waals surface area contributed by atoms with Crippen molar-refractivity contribution < 1.29 is 9.59 Å². The third-order valence-electron chi connectivity index (χ3n) is 6.55. The molecule has 1 atom stereocenters. The van der Waals surface area contributed by atoms with E-state index in [9.17, 15) is 9.59 Å². The molecule has 2 amide bonds. The Bertz CT molecular complexity index is 895. The summed E-state index contributed by atoms with van der Waals surface area (Å²) in [6.07, 6.45) is 7.13. The van der Waals surface area contributed by atoms with Crippen molar-refractivity contribution in [2.45, 2.75) is 43.9 Å². The molecule has 2 aromatic rings. The lowest BCUT2D eigenvalue weighted by Crippen LogP contribution is -2.31. The lowest BCUT2D eigenvalue weighted by molar-refractivity contribution is -0.128. The fourth-order valence-corrected chi connectivity index (χ4v) is 5.85. The van der Waals surface area contributed by atoms with Crippen molar-refractivity contribution in [3.63, 3.8) is 0 Å². The third-order valence-corrected chi connectivity index (χ3v) is 7.80. The second kappa shape index (κ2) is 12.2. The summed E-state index contributed by atoms with van der Waals surface area (Å²) in [6, 6.07) is 18.1. The minimum Gasteiger partial charge on any atom is -0.352 e. The Hall–Kier alpha value is -2.31. The van der Waals surface area contributed by atoms with Crippen LogP contribution in [-0.4, -0.2) is 60.1 Å². The predicted octanol–water partition coefficient (Wildman–Crippen LogP) is 4.50. The van der Waals surface area contributed by atoms with E-state index in [2.05, 4.69) is 22.3 Å². The molecule has 4 rings (SSSR count). The van der Waals surface area contributed by atoms with E-state index in [1.54, 1.807) is 11.8 Å². The number of thioether (sulfide) groups is 1. The summed E-state index contributed by atoms with van der Waals surface area (Å²) in [5.41, 5.74) is 3.00. The zero-order valence-electron chi connectivity index (χ0n) is 19.4. The number of amides is 2. The van der Waals surface area contributed by atoms with Gasteiger partial charge in [-0.15, -0.1) is 11.8 Å². The highest BCUT2D eigenvalue weighted by Crippen LogP contribution is 2.38. The fraction of sp³-hybridized carbons (Fsp3) is 0.481. The van der Waals surface area contributed by atoms with Crippen LogP contribution in [0.25, 0.3) is 0 Å². The topological polar surface area (TPSA) is 52.7 Å². The number of likely N-dealkylation sites (tertiary alicyclic amines) is 1. The molecule has 6 heteroatoms. The van der Waals surface area contributed by atoms with Crippen LogP contribution in [0.3, 0.4) is 0 Å². The molecule has 2 saturated heterocycles. The number of carbonyl (C=O) groups excluding carboxylic acids is 2. The van der Waals surface area contributed by atoms with Gasteiger partial charge in [-0.3, -0.25) is 9.59 Å². The summed E-state index contributed by atoms with van der Waals surface area (Å²) >= 11 is 1.66. The molecule has 0 saturated carbocycles. The van der Waals surface area contributed by atoms with Crippen LogP contribution in [0, 0.1) is 0 Å². The van der Waals surface area contributed by atoms with Crippen molar-refractivity contribution in [1.82, 2.24) is 15.1 Å². The van der Waals surface area contributed by atoms with Crippen molar-refractivity contribution >= 4 is 23.6 Å². The fourth-order valence-electron chi connectivity index (χ4n) is 4.63. The van der Waals surface area contributed by atoms with Crippen LogP contribution < -0.4 is 5.32 Å². The van der Waals surface area contributed by atoms with Gasteiger partial charge in [-0.25, -0.2) is 0 Å². The number of rotatable bonds is 9. The lowest BCUT2D eigenvalue weighted by Gasteiger charge is -2.24. The maximum atomic E-state index is 12.6. The average molecular weight is 466 g/mol. The van der Waals surface area contributed by atoms with Gasteiger partial charge in [0.2, 0.25) is 5.91 Å². The summed E-state index contributed by atoms with van der Waals surface area (Å²) in [7, 11) is 0. The van der Waals surface area contributed by atoms with Crippen molar-refractivity contribution in [3.05, 3.63) is 71.3 Å². The first-order chi connectivity index (χ1) is 16.2. The normalized spacial score (nSPS) is 19.5. The number of carbonyl (C=O) groups is 2. The molecule has 2 aliphatic rings. The smallest absolute Gasteiger partial charge is 0.251 e. The maximum Gasteiger partial charge on any atom is 0.251 e. The molecular weight excluding hydrogens is 430 g/mol. The van der Waals surface area contributed by atoms with E-state index >= 15 is 0 Å². The third kappa shape index (κ3) is 6.84. The number of benzene rings is 2. The van der Waals surface area contributed by atoms with Crippen LogP contribution >= 0.6 is 11.8 Å². The van der Waals surface area contributed by atoms with E-state index in [0.717, 1.165) is 24.9 Å². The Balaban J connectivity index is 1.25. The molecule has 0 aromatic heterocycles. The molecule has 176 valence electrons. The Kier molecular flexibility index (Phi) is 8.84. The van der Waals surface area contributed by atoms with Gasteiger partial charge in [0.15, 0.2) is 0 Å². The predicted molar refractivity (Wildman–Crippen MR) is 135 cm³/mol. The minimum atomic E-state index is -0.0199. The first-order valence-corrected chi connectivity index (χ1v) is 13.3. The monoisotopic (exact) mass is 465 g/mol. The molecule has 0 spiro atoms. The number of nitrogens with zero attached hydrogens (tertiary/aromatic N) is 2. The molecule has 1 N–H and O–H groups in total. The Morgan fingerprint density at radius 2 is 1.67 bits per heavy atom. The van der Waals surface area contributed by atoms with E-state index in [4.69, 9.17) is 0 Å². The zero-order valence-corrected chi connectivity index (χ0v) is 20.2. The van der Waals surface area contributed by atoms with Gasteiger partial charge in [0.1, 0.15) is 5.37 Å². The molecule has 5 nitrogen and oxygen atoms in total. The number of hydrogen-bond acceptors (Lipinski definition) is 4. The number of hydrogen-bond donors (Lipinski definition) is 1. The van der Waals surface area contributed by atoms with Crippen molar-refractivity contribution in [1.29, 1.82) is 0 Å². The summed E-state index contributed by atoms with van der Waals surface area (Å²) < 4.78 is 0. The second-order valence-corrected chi connectivity index (χ2v) is 10.0. The van der Waals surface area contributed by atoms with E-state index in [1.165, 1.54) is 44.3 Å². The van der Waals surface area contributed by atoms with E-state index in [-0.39, 0.29) is 17.2 Å². The Morgan fingerprint density at radius 3 is 2.39 bits per heavy atom. The second-order valence-electron chi connectivity index (χ2n) is 8.97. The first-order valence-electron chi connectivity index (χ1n) is 12.3. The van der Waals surface area contributed by atoms with Crippen molar-refractivity contribution in [2.75, 3.05) is 38.5 Å². The van der Waals surface area contributed by atoms with Gasteiger partial charge in [-0.05, 0) is 68.6 Å². The average Bonchev–Trinajstić information content (AvgIpc) is 3.04. The highest BCUT2D eigenvalue weighted by atomic mass is 32.2. The summed E-state index contributed by atoms with van der Waals surface area (Å²) in [5, 5.41) is 3.08. The minimum absolute atomic E-state index is 0.0199. The van der Waals surface area contributed by atoms with Crippen LogP contribution in [0.1, 0.15) is 59.0 Å². The Morgan fingerprint density at radius 1 is 0.939 bits per heavy atom. The molecule has 2 fully saturated rings. The van der Waals surface area contributed by atoms with Crippen LogP contribution in [-0.2, 0) is 11.2 Å². The first kappa shape index (κ1) is 23.8. The molecule has 2 heterocycles. The van der Waals surface area contributed by atoms with Crippen molar-refractivity contribution in [3.8, 4) is 0 Å². The quantitative estimate of drug-likeness (QED) is 0.554. The van der Waals surface area contributed by atoms with Gasteiger partial charge in [0.05, 0.1) is 5.75 Å². The van der Waals surface area contributed by atoms with E-state index in [1.807, 2.05) is 47.4 Å². The molecule has 0 radical (unpaired) electrons. The summed E-state index contributed by atoms with van der Waals surface area (Å²) in [4.78, 5) is 29.5. The van der Waals surface area contributed by atoms with Crippen LogP contribution in [0.2, 0.25) is 0 Å². The summed E-state index contributed by atoms with van der Waals surface area (Å²) in [5.74, 6) is 0.680. The highest BCUT2D eigenvalue weighted by Gasteiger charge is 2.32. The van der Waals surface area contributed by atoms with Gasteiger partial charge >= 0.3 is 0 Å². The van der Waals surface area contributed by atoms with Gasteiger partial charge in [-0.2, -0.15) is 0 Å². The largest absolute Gasteiger partial charge is 0.352 e. The maximum absolute atomic E-state index is 12.6. The molecule has 0 bridgehead atoms. The molecule has 2 aliphatic heterocycles. The van der Waals surface area contributed by atoms with Gasteiger partial charge < -0.3 is 15.1 Å². The van der Waals surface area contributed by atoms with E-state index < -0.39 is 0 Å². The Labute approximate surface area is 201 Å². The van der Waals surface area contributed by atoms with Crippen LogP contribution in [0.5, 0.6) is 0 Å². The number of nitrogens with one attached hydrogen (secondary N) is 1. The highest BCUT2D eigenvalue weighted by molar-refractivity contribution is 8.00. The zero-order chi connectivity index (χ0) is 22.9. The van der Waals surface area contributed by atoms with Crippen LogP contribution in [0.15, 0.2) is 54.6 Å². The molecule has 0 aliphatic carbocycles. The van der Waals surface area contributed by atoms with Crippen molar-refractivity contribution in [2.24, 2.45) is 0 Å². The lowest BCUT2D eigenvalue weighted by atomic mass is 10.1. The summed E-state index contributed by atoms with van der Waals surface area (Å²) in [6.45, 7) is 4.86. The van der Waals surface area contributed by atoms with Gasteiger partial charge in [0, 0.05) is 18.7 Å². The van der Waals surface area contributed by atoms with Crippen LogP contribution in [0.4, 0.5) is 0 Å². The van der Waals surface area contributed by atoms with E-state index in [0.29, 0.717) is 24.4 Å². The molecular formula is C27H35N3O2S. The molecule has 1 unspecified atom stereocenters. The van der Waals surface area contributed by atoms with Gasteiger partial charge in [0.25, 0.3) is 5.91 Å². The standard InChI is InChI=1S/C27H35N3O2S/c31-25-21-33-27(30(25)20-15-22-9-4-3-5-10-22)24-13-11-23(12-14-24)26(32)28-16-8-19-29-17-6-1-2-7-18-29/h3-5,9-14,27H,1-2,6-8,15-21H2,(H,28,32). The SMILES string of the molecule is O=C(NCCCN1CCCCCC1)c1ccc(C2SCC(=O)N2CCc2ccccc2)cc1.